The van der Waals surface area contributed by atoms with Gasteiger partial charge in [0.1, 0.15) is 12.4 Å². The molecule has 134 valence electrons. The summed E-state index contributed by atoms with van der Waals surface area (Å²) in [5.74, 6) is 0.505. The summed E-state index contributed by atoms with van der Waals surface area (Å²) >= 11 is 12.6. The van der Waals surface area contributed by atoms with Gasteiger partial charge in [-0.15, -0.1) is 0 Å². The molecule has 0 spiro atoms. The van der Waals surface area contributed by atoms with E-state index in [2.05, 4.69) is 6.07 Å². The molecule has 0 saturated heterocycles. The van der Waals surface area contributed by atoms with Gasteiger partial charge in [0.05, 0.1) is 16.7 Å². The molecule has 0 N–H and O–H groups in total. The largest absolute Gasteiger partial charge is 0.487 e. The lowest BCUT2D eigenvalue weighted by atomic mass is 10.0. The first-order chi connectivity index (χ1) is 13.1. The second kappa shape index (κ2) is 8.77. The molecule has 4 heteroatoms. The summed E-state index contributed by atoms with van der Waals surface area (Å²) in [5, 5.41) is 10.5. The Hall–Kier alpha value is -2.73. The van der Waals surface area contributed by atoms with E-state index in [-0.39, 0.29) is 0 Å². The Bertz CT molecular complexity index is 1000. The molecule has 0 unspecified atom stereocenters. The van der Waals surface area contributed by atoms with Crippen molar-refractivity contribution in [1.29, 1.82) is 5.26 Å². The van der Waals surface area contributed by atoms with Gasteiger partial charge in [0, 0.05) is 10.6 Å². The highest BCUT2D eigenvalue weighted by Gasteiger charge is 2.12. The van der Waals surface area contributed by atoms with E-state index in [1.165, 1.54) is 5.56 Å². The molecule has 0 fully saturated rings. The van der Waals surface area contributed by atoms with Crippen molar-refractivity contribution in [3.8, 4) is 11.8 Å². The van der Waals surface area contributed by atoms with E-state index in [1.807, 2.05) is 61.5 Å². The normalized spacial score (nSPS) is 11.1. The molecule has 27 heavy (non-hydrogen) atoms. The average molecular weight is 394 g/mol. The number of halogens is 2. The average Bonchev–Trinajstić information content (AvgIpc) is 2.67. The molecule has 0 aliphatic carbocycles. The number of rotatable bonds is 5. The Morgan fingerprint density at radius 3 is 2.41 bits per heavy atom. The Balaban J connectivity index is 1.96. The predicted octanol–water partition coefficient (Wildman–Crippen LogP) is 6.95. The molecule has 0 saturated carbocycles. The van der Waals surface area contributed by atoms with Crippen molar-refractivity contribution in [3.63, 3.8) is 0 Å². The van der Waals surface area contributed by atoms with E-state index >= 15 is 0 Å². The van der Waals surface area contributed by atoms with Crippen LogP contribution in [0, 0.1) is 18.3 Å². The highest BCUT2D eigenvalue weighted by Crippen LogP contribution is 2.35. The number of nitriles is 1. The van der Waals surface area contributed by atoms with Crippen molar-refractivity contribution in [2.24, 2.45) is 0 Å². The standard InChI is InChI=1S/C23H17Cl2NO/c1-16-7-9-17(10-8-16)15-27-23-19(12-21(24)13-22(23)25)11-20(14-26)18-5-3-2-4-6-18/h2-13H,15H2,1H3/b20-11+. The fourth-order valence-electron chi connectivity index (χ4n) is 2.63. The number of aryl methyl sites for hydroxylation is 1. The lowest BCUT2D eigenvalue weighted by Crippen LogP contribution is -1.98. The third-order valence-corrected chi connectivity index (χ3v) is 4.54. The molecule has 3 aromatic rings. The molecular formula is C23H17Cl2NO. The van der Waals surface area contributed by atoms with Gasteiger partial charge in [-0.2, -0.15) is 5.26 Å². The molecule has 0 atom stereocenters. The van der Waals surface area contributed by atoms with Crippen LogP contribution in [0.2, 0.25) is 10.0 Å². The third-order valence-electron chi connectivity index (χ3n) is 4.05. The van der Waals surface area contributed by atoms with Gasteiger partial charge in [0.15, 0.2) is 0 Å². The maximum atomic E-state index is 9.58. The van der Waals surface area contributed by atoms with Crippen LogP contribution in [0.1, 0.15) is 22.3 Å². The van der Waals surface area contributed by atoms with Crippen LogP contribution in [-0.4, -0.2) is 0 Å². The van der Waals surface area contributed by atoms with Crippen molar-refractivity contribution in [1.82, 2.24) is 0 Å². The zero-order valence-electron chi connectivity index (χ0n) is 14.7. The molecule has 3 aromatic carbocycles. The fourth-order valence-corrected chi connectivity index (χ4v) is 3.20. The SMILES string of the molecule is Cc1ccc(COc2c(Cl)cc(Cl)cc2/C=C(\C#N)c2ccccc2)cc1. The summed E-state index contributed by atoms with van der Waals surface area (Å²) in [6, 6.07) is 23.2. The van der Waals surface area contributed by atoms with Gasteiger partial charge >= 0.3 is 0 Å². The van der Waals surface area contributed by atoms with Crippen LogP contribution in [0.5, 0.6) is 5.75 Å². The van der Waals surface area contributed by atoms with Crippen molar-refractivity contribution in [3.05, 3.63) is 99.0 Å². The summed E-state index contributed by atoms with van der Waals surface area (Å²) in [4.78, 5) is 0. The minimum absolute atomic E-state index is 0.371. The van der Waals surface area contributed by atoms with E-state index in [1.54, 1.807) is 18.2 Å². The predicted molar refractivity (Wildman–Crippen MR) is 112 cm³/mol. The van der Waals surface area contributed by atoms with E-state index in [0.29, 0.717) is 33.5 Å². The van der Waals surface area contributed by atoms with Crippen molar-refractivity contribution < 1.29 is 4.74 Å². The number of ether oxygens (including phenoxy) is 1. The second-order valence-corrected chi connectivity index (χ2v) is 6.96. The van der Waals surface area contributed by atoms with E-state index in [9.17, 15) is 5.26 Å². The minimum Gasteiger partial charge on any atom is -0.487 e. The maximum absolute atomic E-state index is 9.58. The van der Waals surface area contributed by atoms with Crippen molar-refractivity contribution in [2.75, 3.05) is 0 Å². The van der Waals surface area contributed by atoms with Crippen LogP contribution >= 0.6 is 23.2 Å². The molecule has 0 aliphatic rings. The molecule has 0 radical (unpaired) electrons. The number of benzene rings is 3. The Morgan fingerprint density at radius 2 is 1.74 bits per heavy atom. The van der Waals surface area contributed by atoms with E-state index in [0.717, 1.165) is 11.1 Å². The van der Waals surface area contributed by atoms with Gasteiger partial charge in [-0.1, -0.05) is 83.4 Å². The molecule has 0 bridgehead atoms. The van der Waals surface area contributed by atoms with Gasteiger partial charge in [0.2, 0.25) is 0 Å². The number of nitrogens with zero attached hydrogens (tertiary/aromatic N) is 1. The molecule has 0 aliphatic heterocycles. The molecule has 0 amide bonds. The van der Waals surface area contributed by atoms with Gasteiger partial charge in [0.25, 0.3) is 0 Å². The number of hydrogen-bond acceptors (Lipinski definition) is 2. The first-order valence-electron chi connectivity index (χ1n) is 8.41. The lowest BCUT2D eigenvalue weighted by Gasteiger charge is -2.13. The summed E-state index contributed by atoms with van der Waals surface area (Å²) in [6.07, 6.45) is 1.75. The van der Waals surface area contributed by atoms with E-state index in [4.69, 9.17) is 27.9 Å². The van der Waals surface area contributed by atoms with Crippen LogP contribution in [0.4, 0.5) is 0 Å². The first kappa shape index (κ1) is 19.0. The zero-order chi connectivity index (χ0) is 19.2. The number of hydrogen-bond donors (Lipinski definition) is 0. The molecule has 2 nitrogen and oxygen atoms in total. The summed E-state index contributed by atoms with van der Waals surface area (Å²) in [6.45, 7) is 2.41. The third kappa shape index (κ3) is 4.92. The Labute approximate surface area is 169 Å². The van der Waals surface area contributed by atoms with Gasteiger partial charge in [-0.25, -0.2) is 0 Å². The quantitative estimate of drug-likeness (QED) is 0.347. The van der Waals surface area contributed by atoms with E-state index < -0.39 is 0 Å². The zero-order valence-corrected chi connectivity index (χ0v) is 16.3. The summed E-state index contributed by atoms with van der Waals surface area (Å²) < 4.78 is 5.99. The molecule has 0 aromatic heterocycles. The monoisotopic (exact) mass is 393 g/mol. The lowest BCUT2D eigenvalue weighted by molar-refractivity contribution is 0.306. The van der Waals surface area contributed by atoms with Crippen LogP contribution in [0.15, 0.2) is 66.7 Å². The Morgan fingerprint density at radius 1 is 1.04 bits per heavy atom. The molecule has 3 rings (SSSR count). The number of allylic oxidation sites excluding steroid dienone is 1. The fraction of sp³-hybridized carbons (Fsp3) is 0.0870. The van der Waals surface area contributed by atoms with Gasteiger partial charge < -0.3 is 4.74 Å². The van der Waals surface area contributed by atoms with Gasteiger partial charge in [-0.05, 0) is 36.3 Å². The van der Waals surface area contributed by atoms with Gasteiger partial charge in [-0.3, -0.25) is 0 Å². The molecular weight excluding hydrogens is 377 g/mol. The van der Waals surface area contributed by atoms with Crippen LogP contribution in [0.3, 0.4) is 0 Å². The molecule has 0 heterocycles. The van der Waals surface area contributed by atoms with Crippen LogP contribution in [-0.2, 0) is 6.61 Å². The first-order valence-corrected chi connectivity index (χ1v) is 9.17. The maximum Gasteiger partial charge on any atom is 0.145 e. The van der Waals surface area contributed by atoms with Crippen molar-refractivity contribution >= 4 is 34.9 Å². The Kier molecular flexibility index (Phi) is 6.19. The topological polar surface area (TPSA) is 33.0 Å². The van der Waals surface area contributed by atoms with Crippen LogP contribution in [0.25, 0.3) is 11.6 Å². The summed E-state index contributed by atoms with van der Waals surface area (Å²) in [7, 11) is 0. The van der Waals surface area contributed by atoms with Crippen molar-refractivity contribution in [2.45, 2.75) is 13.5 Å². The minimum atomic E-state index is 0.371. The summed E-state index contributed by atoms with van der Waals surface area (Å²) in [5.41, 5.74) is 4.22. The smallest absolute Gasteiger partial charge is 0.145 e. The van der Waals surface area contributed by atoms with Crippen LogP contribution < -0.4 is 4.74 Å². The highest BCUT2D eigenvalue weighted by atomic mass is 35.5. The highest BCUT2D eigenvalue weighted by molar-refractivity contribution is 6.36. The second-order valence-electron chi connectivity index (χ2n) is 6.12.